The molecule has 2 rings (SSSR count). The lowest BCUT2D eigenvalue weighted by Crippen LogP contribution is -2.38. The molecule has 0 spiro atoms. The van der Waals surface area contributed by atoms with Gasteiger partial charge in [-0.3, -0.25) is 4.79 Å². The summed E-state index contributed by atoms with van der Waals surface area (Å²) in [5.41, 5.74) is 0.307. The quantitative estimate of drug-likeness (QED) is 0.753. The van der Waals surface area contributed by atoms with Crippen LogP contribution in [0.1, 0.15) is 36.2 Å². The van der Waals surface area contributed by atoms with Crippen LogP contribution in [0.15, 0.2) is 16.9 Å². The number of hydrogen-bond acceptors (Lipinski definition) is 4. The summed E-state index contributed by atoms with van der Waals surface area (Å²) in [7, 11) is 0. The average molecular weight is 210 g/mol. The second-order valence-electron chi connectivity index (χ2n) is 3.86. The highest BCUT2D eigenvalue weighted by molar-refractivity contribution is 5.92. The van der Waals surface area contributed by atoms with Crippen LogP contribution in [-0.2, 0) is 0 Å². The van der Waals surface area contributed by atoms with Gasteiger partial charge in [-0.25, -0.2) is 0 Å². The van der Waals surface area contributed by atoms with Gasteiger partial charge in [0.25, 0.3) is 5.91 Å². The van der Waals surface area contributed by atoms with Crippen LogP contribution in [0.4, 0.5) is 0 Å². The predicted molar refractivity (Wildman–Crippen MR) is 52.2 cm³/mol. The SMILES string of the molecule is O=C(NC1CCC(O)CC1)c1ccon1. The van der Waals surface area contributed by atoms with Crippen LogP contribution >= 0.6 is 0 Å². The molecule has 82 valence electrons. The maximum Gasteiger partial charge on any atom is 0.273 e. The number of carbonyl (C=O) groups is 1. The molecule has 0 unspecified atom stereocenters. The number of amides is 1. The van der Waals surface area contributed by atoms with Gasteiger partial charge in [0.15, 0.2) is 5.69 Å². The number of aliphatic hydroxyl groups is 1. The van der Waals surface area contributed by atoms with Gasteiger partial charge in [-0.2, -0.15) is 0 Å². The van der Waals surface area contributed by atoms with Crippen molar-refractivity contribution < 1.29 is 14.4 Å². The third kappa shape index (κ3) is 2.56. The van der Waals surface area contributed by atoms with Crippen molar-refractivity contribution in [3.05, 3.63) is 18.0 Å². The second kappa shape index (κ2) is 4.44. The van der Waals surface area contributed by atoms with Gasteiger partial charge in [0.05, 0.1) is 6.10 Å². The molecule has 1 aromatic rings. The fourth-order valence-electron chi connectivity index (χ4n) is 1.81. The first-order valence-electron chi connectivity index (χ1n) is 5.15. The molecular formula is C10H14N2O3. The summed E-state index contributed by atoms with van der Waals surface area (Å²) in [6, 6.07) is 1.69. The zero-order chi connectivity index (χ0) is 10.7. The Kier molecular flexibility index (Phi) is 3.01. The van der Waals surface area contributed by atoms with Crippen molar-refractivity contribution in [2.45, 2.75) is 37.8 Å². The topological polar surface area (TPSA) is 75.4 Å². The molecule has 0 aromatic carbocycles. The highest BCUT2D eigenvalue weighted by Gasteiger charge is 2.21. The van der Waals surface area contributed by atoms with E-state index in [1.165, 1.54) is 12.3 Å². The van der Waals surface area contributed by atoms with Gasteiger partial charge in [0.2, 0.25) is 0 Å². The lowest BCUT2D eigenvalue weighted by atomic mass is 9.93. The van der Waals surface area contributed by atoms with Crippen molar-refractivity contribution in [3.8, 4) is 0 Å². The molecule has 1 aliphatic carbocycles. The van der Waals surface area contributed by atoms with E-state index in [0.717, 1.165) is 25.7 Å². The molecular weight excluding hydrogens is 196 g/mol. The summed E-state index contributed by atoms with van der Waals surface area (Å²) in [4.78, 5) is 11.6. The fraction of sp³-hybridized carbons (Fsp3) is 0.600. The van der Waals surface area contributed by atoms with Crippen molar-refractivity contribution in [3.63, 3.8) is 0 Å². The summed E-state index contributed by atoms with van der Waals surface area (Å²) in [5, 5.41) is 15.7. The Morgan fingerprint density at radius 1 is 1.47 bits per heavy atom. The van der Waals surface area contributed by atoms with E-state index < -0.39 is 0 Å². The van der Waals surface area contributed by atoms with E-state index in [2.05, 4.69) is 15.0 Å². The largest absolute Gasteiger partial charge is 0.393 e. The van der Waals surface area contributed by atoms with Gasteiger partial charge in [-0.05, 0) is 25.7 Å². The minimum Gasteiger partial charge on any atom is -0.393 e. The highest BCUT2D eigenvalue weighted by atomic mass is 16.5. The Labute approximate surface area is 87.5 Å². The number of carbonyl (C=O) groups excluding carboxylic acids is 1. The van der Waals surface area contributed by atoms with Gasteiger partial charge in [-0.1, -0.05) is 5.16 Å². The molecule has 0 radical (unpaired) electrons. The Morgan fingerprint density at radius 2 is 2.20 bits per heavy atom. The maximum atomic E-state index is 11.6. The summed E-state index contributed by atoms with van der Waals surface area (Å²) in [6.45, 7) is 0. The Balaban J connectivity index is 1.85. The Bertz CT molecular complexity index is 315. The first kappa shape index (κ1) is 10.2. The van der Waals surface area contributed by atoms with Crippen LogP contribution < -0.4 is 5.32 Å². The Hall–Kier alpha value is -1.36. The number of rotatable bonds is 2. The molecule has 0 aliphatic heterocycles. The normalized spacial score (nSPS) is 26.2. The monoisotopic (exact) mass is 210 g/mol. The van der Waals surface area contributed by atoms with E-state index >= 15 is 0 Å². The molecule has 1 aromatic heterocycles. The summed E-state index contributed by atoms with van der Waals surface area (Å²) < 4.78 is 4.59. The molecule has 15 heavy (non-hydrogen) atoms. The summed E-state index contributed by atoms with van der Waals surface area (Å²) in [5.74, 6) is -0.204. The highest BCUT2D eigenvalue weighted by Crippen LogP contribution is 2.18. The lowest BCUT2D eigenvalue weighted by molar-refractivity contribution is 0.0859. The van der Waals surface area contributed by atoms with Gasteiger partial charge < -0.3 is 14.9 Å². The maximum absolute atomic E-state index is 11.6. The van der Waals surface area contributed by atoms with E-state index in [4.69, 9.17) is 0 Å². The fourth-order valence-corrected chi connectivity index (χ4v) is 1.81. The van der Waals surface area contributed by atoms with Gasteiger partial charge >= 0.3 is 0 Å². The van der Waals surface area contributed by atoms with Gasteiger partial charge in [0.1, 0.15) is 6.26 Å². The molecule has 1 heterocycles. The molecule has 5 nitrogen and oxygen atoms in total. The number of nitrogens with one attached hydrogen (secondary N) is 1. The van der Waals surface area contributed by atoms with Crippen molar-refractivity contribution in [1.82, 2.24) is 10.5 Å². The number of aromatic nitrogens is 1. The first-order chi connectivity index (χ1) is 7.25. The number of nitrogens with zero attached hydrogens (tertiary/aromatic N) is 1. The van der Waals surface area contributed by atoms with Crippen molar-refractivity contribution in [2.24, 2.45) is 0 Å². The van der Waals surface area contributed by atoms with E-state index in [1.54, 1.807) is 0 Å². The first-order valence-corrected chi connectivity index (χ1v) is 5.15. The van der Waals surface area contributed by atoms with Crippen molar-refractivity contribution >= 4 is 5.91 Å². The smallest absolute Gasteiger partial charge is 0.273 e. The average Bonchev–Trinajstić information content (AvgIpc) is 2.74. The summed E-state index contributed by atoms with van der Waals surface area (Å²) in [6.07, 6.45) is 4.33. The van der Waals surface area contributed by atoms with E-state index in [9.17, 15) is 9.90 Å². The standard InChI is InChI=1S/C10H14N2O3/c13-8-3-1-7(2-4-8)11-10(14)9-5-6-15-12-9/h5-8,13H,1-4H2,(H,11,14). The van der Waals surface area contributed by atoms with Crippen molar-refractivity contribution in [2.75, 3.05) is 0 Å². The molecule has 0 atom stereocenters. The minimum absolute atomic E-state index is 0.151. The summed E-state index contributed by atoms with van der Waals surface area (Å²) >= 11 is 0. The third-order valence-electron chi connectivity index (χ3n) is 2.70. The van der Waals surface area contributed by atoms with Crippen LogP contribution in [-0.4, -0.2) is 28.3 Å². The van der Waals surface area contributed by atoms with Crippen LogP contribution in [0.5, 0.6) is 0 Å². The van der Waals surface area contributed by atoms with Crippen molar-refractivity contribution in [1.29, 1.82) is 0 Å². The molecule has 0 bridgehead atoms. The molecule has 5 heteroatoms. The predicted octanol–water partition coefficient (Wildman–Crippen LogP) is 0.708. The van der Waals surface area contributed by atoms with Gasteiger partial charge in [-0.15, -0.1) is 0 Å². The van der Waals surface area contributed by atoms with E-state index in [0.29, 0.717) is 5.69 Å². The number of aliphatic hydroxyl groups excluding tert-OH is 1. The Morgan fingerprint density at radius 3 is 2.80 bits per heavy atom. The van der Waals surface area contributed by atoms with E-state index in [-0.39, 0.29) is 18.1 Å². The molecule has 1 aliphatic rings. The van der Waals surface area contributed by atoms with Gasteiger partial charge in [0, 0.05) is 12.1 Å². The molecule has 2 N–H and O–H groups in total. The zero-order valence-corrected chi connectivity index (χ0v) is 8.35. The van der Waals surface area contributed by atoms with E-state index in [1.807, 2.05) is 0 Å². The van der Waals surface area contributed by atoms with Crippen LogP contribution in [0.3, 0.4) is 0 Å². The van der Waals surface area contributed by atoms with Crippen LogP contribution in [0.25, 0.3) is 0 Å². The lowest BCUT2D eigenvalue weighted by Gasteiger charge is -2.25. The second-order valence-corrected chi connectivity index (χ2v) is 3.86. The molecule has 1 saturated carbocycles. The van der Waals surface area contributed by atoms with Crippen LogP contribution in [0, 0.1) is 0 Å². The number of hydrogen-bond donors (Lipinski definition) is 2. The zero-order valence-electron chi connectivity index (χ0n) is 8.35. The minimum atomic E-state index is -0.204. The molecule has 0 saturated heterocycles. The third-order valence-corrected chi connectivity index (χ3v) is 2.70. The molecule has 1 fully saturated rings. The van der Waals surface area contributed by atoms with Crippen LogP contribution in [0.2, 0.25) is 0 Å². The molecule has 1 amide bonds.